The van der Waals surface area contributed by atoms with Crippen LogP contribution in [0.25, 0.3) is 0 Å². The number of esters is 1. The van der Waals surface area contributed by atoms with Gasteiger partial charge in [-0.3, -0.25) is 14.2 Å². The van der Waals surface area contributed by atoms with Crippen molar-refractivity contribution in [2.45, 2.75) is 309 Å². The van der Waals surface area contributed by atoms with E-state index >= 15 is 0 Å². The molecule has 0 heterocycles. The molecule has 1 amide bonds. The molecule has 464 valence electrons. The standard InChI is InChI=1S/C70H127N2O7P/c1-7-10-13-16-19-22-25-28-30-32-34-35-36-37-39-40-42-44-47-50-53-56-59-62-69(73)71-67(66-78-80(75,76)77-65-64-72(4,5)6)68(61-58-55-52-49-46-27-24-21-18-15-12-9-3)79-70(74)63-60-57-54-51-48-45-43-41-38-33-31-29-26-23-20-17-14-11-8-2/h10,13,19,22,28-31,34-35,37,39,58,61,67-68H,7-9,11-12,14-18,20-21,23-27,32-33,36,38,40-57,59-60,62-66H2,1-6H3,(H-,71,73,75,76)/b13-10-,22-19-,30-28-,31-29+,35-34-,39-37-,61-58-. The summed E-state index contributed by atoms with van der Waals surface area (Å²) < 4.78 is 30.4. The molecule has 0 spiro atoms. The van der Waals surface area contributed by atoms with Gasteiger partial charge < -0.3 is 28.5 Å². The Hall–Kier alpha value is -2.81. The van der Waals surface area contributed by atoms with E-state index in [4.69, 9.17) is 13.8 Å². The number of hydrogen-bond acceptors (Lipinski definition) is 7. The first-order valence-electron chi connectivity index (χ1n) is 33.4. The van der Waals surface area contributed by atoms with Gasteiger partial charge in [-0.25, -0.2) is 0 Å². The number of phosphoric ester groups is 1. The Morgan fingerprint density at radius 3 is 1.21 bits per heavy atom. The van der Waals surface area contributed by atoms with Gasteiger partial charge in [0.15, 0.2) is 0 Å². The maximum absolute atomic E-state index is 13.6. The summed E-state index contributed by atoms with van der Waals surface area (Å²) in [6.07, 6.45) is 78.3. The first-order valence-corrected chi connectivity index (χ1v) is 34.9. The topological polar surface area (TPSA) is 114 Å². The van der Waals surface area contributed by atoms with Crippen LogP contribution in [0.15, 0.2) is 85.1 Å². The normalized spacial score (nSPS) is 14.1. The van der Waals surface area contributed by atoms with E-state index in [-0.39, 0.29) is 24.9 Å². The smallest absolute Gasteiger partial charge is 0.306 e. The van der Waals surface area contributed by atoms with Crippen molar-refractivity contribution in [3.8, 4) is 0 Å². The number of likely N-dealkylation sites (N-methyl/N-ethyl adjacent to an activating group) is 1. The van der Waals surface area contributed by atoms with Gasteiger partial charge in [-0.15, -0.1) is 0 Å². The average Bonchev–Trinajstić information content (AvgIpc) is 3.42. The number of carbonyl (C=O) groups is 2. The molecule has 9 nitrogen and oxygen atoms in total. The molecule has 0 fully saturated rings. The summed E-state index contributed by atoms with van der Waals surface area (Å²) in [6, 6.07) is -0.899. The molecule has 0 radical (unpaired) electrons. The summed E-state index contributed by atoms with van der Waals surface area (Å²) in [4.78, 5) is 40.1. The lowest BCUT2D eigenvalue weighted by Crippen LogP contribution is -2.47. The number of hydrogen-bond donors (Lipinski definition) is 1. The molecule has 3 atom stereocenters. The summed E-state index contributed by atoms with van der Waals surface area (Å²) in [6.45, 7) is 6.73. The van der Waals surface area contributed by atoms with Gasteiger partial charge in [0.25, 0.3) is 7.82 Å². The van der Waals surface area contributed by atoms with E-state index in [1.807, 2.05) is 33.3 Å². The van der Waals surface area contributed by atoms with Crippen molar-refractivity contribution in [3.05, 3.63) is 85.1 Å². The highest BCUT2D eigenvalue weighted by Crippen LogP contribution is 2.38. The lowest BCUT2D eigenvalue weighted by atomic mass is 10.0. The third kappa shape index (κ3) is 59.8. The zero-order valence-electron chi connectivity index (χ0n) is 53.0. The monoisotopic (exact) mass is 1140 g/mol. The van der Waals surface area contributed by atoms with Gasteiger partial charge in [0.1, 0.15) is 19.3 Å². The van der Waals surface area contributed by atoms with Gasteiger partial charge in [-0.05, 0) is 102 Å². The second-order valence-electron chi connectivity index (χ2n) is 23.6. The zero-order valence-corrected chi connectivity index (χ0v) is 53.9. The molecular weight excluding hydrogens is 1010 g/mol. The van der Waals surface area contributed by atoms with Crippen LogP contribution in [0.2, 0.25) is 0 Å². The van der Waals surface area contributed by atoms with E-state index in [0.717, 1.165) is 103 Å². The Morgan fingerprint density at radius 1 is 0.450 bits per heavy atom. The molecule has 0 aliphatic carbocycles. The van der Waals surface area contributed by atoms with Gasteiger partial charge >= 0.3 is 5.97 Å². The molecule has 10 heteroatoms. The molecule has 0 aromatic carbocycles. The van der Waals surface area contributed by atoms with Crippen LogP contribution in [0.5, 0.6) is 0 Å². The molecule has 0 aromatic rings. The predicted molar refractivity (Wildman–Crippen MR) is 344 cm³/mol. The van der Waals surface area contributed by atoms with Crippen LogP contribution in [0.1, 0.15) is 297 Å². The molecule has 0 aromatic heterocycles. The van der Waals surface area contributed by atoms with Crippen molar-refractivity contribution in [2.75, 3.05) is 40.9 Å². The van der Waals surface area contributed by atoms with Crippen LogP contribution < -0.4 is 10.2 Å². The van der Waals surface area contributed by atoms with Gasteiger partial charge in [-0.1, -0.05) is 267 Å². The van der Waals surface area contributed by atoms with Crippen LogP contribution in [0.3, 0.4) is 0 Å². The van der Waals surface area contributed by atoms with Crippen LogP contribution >= 0.6 is 7.82 Å². The minimum absolute atomic E-state index is 0.0277. The Labute approximate surface area is 495 Å². The van der Waals surface area contributed by atoms with Crippen molar-refractivity contribution in [3.63, 3.8) is 0 Å². The highest BCUT2D eigenvalue weighted by Gasteiger charge is 2.27. The van der Waals surface area contributed by atoms with Crippen LogP contribution in [0.4, 0.5) is 0 Å². The lowest BCUT2D eigenvalue weighted by Gasteiger charge is -2.30. The second kappa shape index (κ2) is 59.4. The van der Waals surface area contributed by atoms with Crippen molar-refractivity contribution >= 4 is 19.7 Å². The molecule has 0 aliphatic heterocycles. The van der Waals surface area contributed by atoms with Crippen molar-refractivity contribution in [1.82, 2.24) is 5.32 Å². The van der Waals surface area contributed by atoms with Crippen molar-refractivity contribution in [2.24, 2.45) is 0 Å². The van der Waals surface area contributed by atoms with Gasteiger partial charge in [0.2, 0.25) is 5.91 Å². The lowest BCUT2D eigenvalue weighted by molar-refractivity contribution is -0.870. The van der Waals surface area contributed by atoms with Gasteiger partial charge in [0, 0.05) is 12.8 Å². The van der Waals surface area contributed by atoms with Gasteiger partial charge in [0.05, 0.1) is 33.8 Å². The SMILES string of the molecule is CC/C=C\C/C=C\C/C=C\C/C=C\C/C=C\CCCCCCCCCC(=O)NC(COP(=O)([O-])OCC[N+](C)(C)C)C(/C=C\CCCCCCCCCCCC)OC(=O)CCCCCCCCCCC/C=C/CCCCCCCC. The maximum Gasteiger partial charge on any atom is 0.306 e. The van der Waals surface area contributed by atoms with E-state index in [2.05, 4.69) is 99.0 Å². The van der Waals surface area contributed by atoms with E-state index in [1.165, 1.54) is 161 Å². The van der Waals surface area contributed by atoms with Gasteiger partial charge in [-0.2, -0.15) is 0 Å². The van der Waals surface area contributed by atoms with E-state index in [0.29, 0.717) is 17.4 Å². The largest absolute Gasteiger partial charge is 0.756 e. The van der Waals surface area contributed by atoms with Crippen LogP contribution in [0, 0.1) is 0 Å². The molecule has 3 unspecified atom stereocenters. The molecule has 0 bridgehead atoms. The Bertz CT molecular complexity index is 1640. The second-order valence-corrected chi connectivity index (χ2v) is 25.0. The summed E-state index contributed by atoms with van der Waals surface area (Å²) in [7, 11) is 1.17. The van der Waals surface area contributed by atoms with E-state index < -0.39 is 26.6 Å². The number of amides is 1. The van der Waals surface area contributed by atoms with Crippen molar-refractivity contribution < 1.29 is 37.3 Å². The number of nitrogens with one attached hydrogen (secondary N) is 1. The molecule has 80 heavy (non-hydrogen) atoms. The Morgan fingerprint density at radius 2 is 0.800 bits per heavy atom. The third-order valence-corrected chi connectivity index (χ3v) is 15.5. The molecule has 1 N–H and O–H groups in total. The summed E-state index contributed by atoms with van der Waals surface area (Å²) in [5.74, 6) is -0.552. The molecule has 0 saturated carbocycles. The average molecular weight is 1140 g/mol. The Balaban J connectivity index is 5.19. The first kappa shape index (κ1) is 77.2. The highest BCUT2D eigenvalue weighted by molar-refractivity contribution is 7.45. The summed E-state index contributed by atoms with van der Waals surface area (Å²) in [5, 5.41) is 3.03. The molecule has 0 aliphatic rings. The number of unbranched alkanes of at least 4 members (excludes halogenated alkanes) is 32. The van der Waals surface area contributed by atoms with Crippen LogP contribution in [-0.4, -0.2) is 69.4 Å². The number of phosphoric acid groups is 1. The summed E-state index contributed by atoms with van der Waals surface area (Å²) >= 11 is 0. The molecular formula is C70H127N2O7P. The highest BCUT2D eigenvalue weighted by atomic mass is 31.2. The number of allylic oxidation sites excluding steroid dienone is 13. The predicted octanol–water partition coefficient (Wildman–Crippen LogP) is 20.3. The fourth-order valence-corrected chi connectivity index (χ4v) is 10.1. The van der Waals surface area contributed by atoms with Crippen LogP contribution in [-0.2, 0) is 27.9 Å². The summed E-state index contributed by atoms with van der Waals surface area (Å²) in [5.41, 5.74) is 0. The number of quaternary nitrogens is 1. The number of ether oxygens (including phenoxy) is 1. The first-order chi connectivity index (χ1) is 38.9. The van der Waals surface area contributed by atoms with E-state index in [9.17, 15) is 19.0 Å². The molecule has 0 saturated heterocycles. The quantitative estimate of drug-likeness (QED) is 0.0212. The third-order valence-electron chi connectivity index (χ3n) is 14.6. The van der Waals surface area contributed by atoms with Crippen molar-refractivity contribution in [1.29, 1.82) is 0 Å². The number of nitrogens with zero attached hydrogens (tertiary/aromatic N) is 1. The Kier molecular flexibility index (Phi) is 57.3. The van der Waals surface area contributed by atoms with E-state index in [1.54, 1.807) is 0 Å². The zero-order chi connectivity index (χ0) is 58.6. The fraction of sp³-hybridized carbons (Fsp3) is 0.771. The minimum atomic E-state index is -4.71. The minimum Gasteiger partial charge on any atom is -0.756 e. The number of carbonyl (C=O) groups excluding carboxylic acids is 2. The fourth-order valence-electron chi connectivity index (χ4n) is 9.43. The molecule has 0 rings (SSSR count). The number of rotatable bonds is 60. The maximum atomic E-state index is 13.6.